The fourth-order valence-electron chi connectivity index (χ4n) is 2.65. The molecule has 1 aliphatic heterocycles. The highest BCUT2D eigenvalue weighted by Gasteiger charge is 2.20. The summed E-state index contributed by atoms with van der Waals surface area (Å²) in [5.41, 5.74) is 3.17. The SMILES string of the molecule is CCNC(c1ccc2c(c1)CCC(=O)N2)c1ccc(Cl)o1. The molecule has 0 saturated heterocycles. The van der Waals surface area contributed by atoms with Gasteiger partial charge in [-0.3, -0.25) is 4.79 Å². The molecule has 0 radical (unpaired) electrons. The van der Waals surface area contributed by atoms with Crippen molar-refractivity contribution in [3.8, 4) is 0 Å². The van der Waals surface area contributed by atoms with Crippen LogP contribution in [0.5, 0.6) is 0 Å². The number of halogens is 1. The summed E-state index contributed by atoms with van der Waals surface area (Å²) in [6.45, 7) is 2.87. The van der Waals surface area contributed by atoms with E-state index >= 15 is 0 Å². The Bertz CT molecular complexity index is 666. The number of furan rings is 1. The third kappa shape index (κ3) is 2.96. The number of aryl methyl sites for hydroxylation is 1. The zero-order chi connectivity index (χ0) is 14.8. The number of carbonyl (C=O) groups is 1. The molecule has 1 aromatic carbocycles. The van der Waals surface area contributed by atoms with Gasteiger partial charge in [0.25, 0.3) is 0 Å². The summed E-state index contributed by atoms with van der Waals surface area (Å²) in [6, 6.07) is 9.69. The molecule has 2 heterocycles. The molecule has 5 heteroatoms. The smallest absolute Gasteiger partial charge is 0.224 e. The highest BCUT2D eigenvalue weighted by atomic mass is 35.5. The molecule has 1 unspecified atom stereocenters. The van der Waals surface area contributed by atoms with Crippen molar-refractivity contribution < 1.29 is 9.21 Å². The van der Waals surface area contributed by atoms with Crippen molar-refractivity contribution in [1.82, 2.24) is 5.32 Å². The van der Waals surface area contributed by atoms with E-state index in [0.29, 0.717) is 11.6 Å². The van der Waals surface area contributed by atoms with Gasteiger partial charge in [0.1, 0.15) is 5.76 Å². The summed E-state index contributed by atoms with van der Waals surface area (Å²) in [4.78, 5) is 11.4. The van der Waals surface area contributed by atoms with Gasteiger partial charge in [0.05, 0.1) is 6.04 Å². The molecule has 0 spiro atoms. The van der Waals surface area contributed by atoms with Gasteiger partial charge in [0.15, 0.2) is 5.22 Å². The van der Waals surface area contributed by atoms with Crippen molar-refractivity contribution in [3.05, 3.63) is 52.4 Å². The lowest BCUT2D eigenvalue weighted by Crippen LogP contribution is -2.23. The molecule has 4 nitrogen and oxygen atoms in total. The lowest BCUT2D eigenvalue weighted by atomic mass is 9.96. The van der Waals surface area contributed by atoms with Crippen LogP contribution in [0.3, 0.4) is 0 Å². The second-order valence-corrected chi connectivity index (χ2v) is 5.47. The number of benzene rings is 1. The summed E-state index contributed by atoms with van der Waals surface area (Å²) in [7, 11) is 0. The van der Waals surface area contributed by atoms with Crippen LogP contribution in [0.2, 0.25) is 5.22 Å². The standard InChI is InChI=1S/C16H17ClN2O2/c1-2-18-16(13-6-7-14(17)21-13)11-3-5-12-10(9-11)4-8-15(20)19-12/h3,5-7,9,16,18H,2,4,8H2,1H3,(H,19,20). The minimum Gasteiger partial charge on any atom is -0.448 e. The Hall–Kier alpha value is -1.78. The molecule has 2 aromatic rings. The van der Waals surface area contributed by atoms with Crippen LogP contribution in [0.1, 0.15) is 36.3 Å². The van der Waals surface area contributed by atoms with E-state index in [1.54, 1.807) is 6.07 Å². The molecule has 1 aliphatic rings. The van der Waals surface area contributed by atoms with E-state index in [2.05, 4.69) is 23.6 Å². The summed E-state index contributed by atoms with van der Waals surface area (Å²) in [5.74, 6) is 0.873. The average Bonchev–Trinajstić information content (AvgIpc) is 2.90. The summed E-state index contributed by atoms with van der Waals surface area (Å²) < 4.78 is 5.55. The predicted molar refractivity (Wildman–Crippen MR) is 82.6 cm³/mol. The molecule has 0 saturated carbocycles. The van der Waals surface area contributed by atoms with Gasteiger partial charge in [-0.25, -0.2) is 0 Å². The van der Waals surface area contributed by atoms with Crippen molar-refractivity contribution in [2.24, 2.45) is 0 Å². The largest absolute Gasteiger partial charge is 0.448 e. The van der Waals surface area contributed by atoms with Crippen LogP contribution in [0.4, 0.5) is 5.69 Å². The molecule has 0 bridgehead atoms. The lowest BCUT2D eigenvalue weighted by Gasteiger charge is -2.21. The molecule has 3 rings (SSSR count). The molecule has 0 fully saturated rings. The van der Waals surface area contributed by atoms with Crippen LogP contribution in [-0.4, -0.2) is 12.5 Å². The normalized spacial score (nSPS) is 15.4. The number of fused-ring (bicyclic) bond motifs is 1. The van der Waals surface area contributed by atoms with Crippen LogP contribution in [0.15, 0.2) is 34.7 Å². The number of anilines is 1. The number of amides is 1. The molecular formula is C16H17ClN2O2. The molecule has 21 heavy (non-hydrogen) atoms. The van der Waals surface area contributed by atoms with E-state index in [-0.39, 0.29) is 11.9 Å². The zero-order valence-electron chi connectivity index (χ0n) is 11.8. The topological polar surface area (TPSA) is 54.3 Å². The lowest BCUT2D eigenvalue weighted by molar-refractivity contribution is -0.116. The zero-order valence-corrected chi connectivity index (χ0v) is 12.5. The number of rotatable bonds is 4. The first-order valence-electron chi connectivity index (χ1n) is 7.08. The minimum atomic E-state index is -0.0366. The van der Waals surface area contributed by atoms with E-state index < -0.39 is 0 Å². The van der Waals surface area contributed by atoms with Gasteiger partial charge in [-0.1, -0.05) is 19.1 Å². The maximum Gasteiger partial charge on any atom is 0.224 e. The molecule has 1 atom stereocenters. The van der Waals surface area contributed by atoms with E-state index in [9.17, 15) is 4.79 Å². The summed E-state index contributed by atoms with van der Waals surface area (Å²) in [5, 5.41) is 6.69. The van der Waals surface area contributed by atoms with Gasteiger partial charge in [0, 0.05) is 12.1 Å². The maximum atomic E-state index is 11.4. The van der Waals surface area contributed by atoms with E-state index in [1.165, 1.54) is 0 Å². The Morgan fingerprint density at radius 3 is 2.90 bits per heavy atom. The highest BCUT2D eigenvalue weighted by molar-refractivity contribution is 6.28. The monoisotopic (exact) mass is 304 g/mol. The number of hydrogen-bond donors (Lipinski definition) is 2. The Balaban J connectivity index is 1.94. The molecule has 1 amide bonds. The third-order valence-electron chi connectivity index (χ3n) is 3.64. The van der Waals surface area contributed by atoms with Crippen molar-refractivity contribution in [1.29, 1.82) is 0 Å². The predicted octanol–water partition coefficient (Wildman–Crippen LogP) is 3.52. The van der Waals surface area contributed by atoms with Crippen LogP contribution in [0, 0.1) is 0 Å². The van der Waals surface area contributed by atoms with Gasteiger partial charge < -0.3 is 15.1 Å². The quantitative estimate of drug-likeness (QED) is 0.908. The number of carbonyl (C=O) groups excluding carboxylic acids is 1. The minimum absolute atomic E-state index is 0.0366. The van der Waals surface area contributed by atoms with Gasteiger partial charge in [0.2, 0.25) is 5.91 Å². The van der Waals surface area contributed by atoms with Crippen LogP contribution < -0.4 is 10.6 Å². The van der Waals surface area contributed by atoms with Crippen molar-refractivity contribution >= 4 is 23.2 Å². The van der Waals surface area contributed by atoms with E-state index in [1.807, 2.05) is 18.2 Å². The van der Waals surface area contributed by atoms with Gasteiger partial charge >= 0.3 is 0 Å². The van der Waals surface area contributed by atoms with E-state index in [4.69, 9.17) is 16.0 Å². The maximum absolute atomic E-state index is 11.4. The van der Waals surface area contributed by atoms with Gasteiger partial charge in [-0.15, -0.1) is 0 Å². The van der Waals surface area contributed by atoms with Crippen LogP contribution >= 0.6 is 11.6 Å². The fourth-order valence-corrected chi connectivity index (χ4v) is 2.81. The molecule has 110 valence electrons. The van der Waals surface area contributed by atoms with Crippen molar-refractivity contribution in [2.45, 2.75) is 25.8 Å². The van der Waals surface area contributed by atoms with Gasteiger partial charge in [-0.05, 0) is 53.9 Å². The second-order valence-electron chi connectivity index (χ2n) is 5.10. The third-order valence-corrected chi connectivity index (χ3v) is 3.85. The Morgan fingerprint density at radius 1 is 1.33 bits per heavy atom. The first-order chi connectivity index (χ1) is 10.2. The first-order valence-corrected chi connectivity index (χ1v) is 7.46. The second kappa shape index (κ2) is 5.92. The highest BCUT2D eigenvalue weighted by Crippen LogP contribution is 2.30. The summed E-state index contributed by atoms with van der Waals surface area (Å²) in [6.07, 6.45) is 1.31. The van der Waals surface area contributed by atoms with Crippen LogP contribution in [0.25, 0.3) is 0 Å². The fraction of sp³-hybridized carbons (Fsp3) is 0.312. The van der Waals surface area contributed by atoms with E-state index in [0.717, 1.165) is 35.5 Å². The molecule has 1 aromatic heterocycles. The Labute approximate surface area is 128 Å². The van der Waals surface area contributed by atoms with Crippen LogP contribution in [-0.2, 0) is 11.2 Å². The van der Waals surface area contributed by atoms with Gasteiger partial charge in [-0.2, -0.15) is 0 Å². The average molecular weight is 305 g/mol. The van der Waals surface area contributed by atoms with Crippen molar-refractivity contribution in [2.75, 3.05) is 11.9 Å². The summed E-state index contributed by atoms with van der Waals surface area (Å²) >= 11 is 5.88. The molecule has 2 N–H and O–H groups in total. The Kier molecular flexibility index (Phi) is 3.99. The molecule has 0 aliphatic carbocycles. The first kappa shape index (κ1) is 14.2. The number of hydrogen-bond acceptors (Lipinski definition) is 3. The number of nitrogens with one attached hydrogen (secondary N) is 2. The van der Waals surface area contributed by atoms with Crippen molar-refractivity contribution in [3.63, 3.8) is 0 Å². The Morgan fingerprint density at radius 2 is 2.19 bits per heavy atom. The molecular weight excluding hydrogens is 288 g/mol.